The molecule has 1 aromatic heterocycles. The summed E-state index contributed by atoms with van der Waals surface area (Å²) in [6.07, 6.45) is 4.05. The Morgan fingerprint density at radius 1 is 1.09 bits per heavy atom. The predicted molar refractivity (Wildman–Crippen MR) is 127 cm³/mol. The first kappa shape index (κ1) is 22.0. The van der Waals surface area contributed by atoms with Crippen LogP contribution in [0, 0.1) is 18.7 Å². The normalized spacial score (nSPS) is 18.4. The number of fused-ring (bicyclic) bond motifs is 1. The first-order valence-electron chi connectivity index (χ1n) is 11.2. The number of hydrogen-bond donors (Lipinski definition) is 2. The lowest BCUT2D eigenvalue weighted by atomic mass is 9.86. The molecule has 168 valence electrons. The Kier molecular flexibility index (Phi) is 6.53. The predicted octanol–water partition coefficient (Wildman–Crippen LogP) is 4.54. The van der Waals surface area contributed by atoms with Crippen molar-refractivity contribution in [2.24, 2.45) is 5.92 Å². The van der Waals surface area contributed by atoms with Crippen LogP contribution in [0.5, 0.6) is 0 Å². The van der Waals surface area contributed by atoms with Crippen LogP contribution in [0.3, 0.4) is 0 Å². The first-order chi connectivity index (χ1) is 15.4. The number of carbonyl (C=O) groups excluding carboxylic acids is 1. The molecule has 2 N–H and O–H groups in total. The van der Waals surface area contributed by atoms with Gasteiger partial charge in [0.05, 0.1) is 5.52 Å². The van der Waals surface area contributed by atoms with Gasteiger partial charge in [-0.05, 0) is 74.4 Å². The summed E-state index contributed by atoms with van der Waals surface area (Å²) in [5.41, 5.74) is 1.92. The van der Waals surface area contributed by atoms with Crippen LogP contribution in [0.4, 0.5) is 16.2 Å². The molecule has 0 aliphatic heterocycles. The van der Waals surface area contributed by atoms with Gasteiger partial charge in [-0.3, -0.25) is 4.79 Å². The number of aromatic nitrogens is 2. The number of benzene rings is 2. The molecule has 0 unspecified atom stereocenters. The molecule has 7 heteroatoms. The van der Waals surface area contributed by atoms with E-state index in [2.05, 4.69) is 10.6 Å². The van der Waals surface area contributed by atoms with E-state index in [-0.39, 0.29) is 11.7 Å². The van der Waals surface area contributed by atoms with Crippen LogP contribution in [-0.2, 0) is 0 Å². The van der Waals surface area contributed by atoms with E-state index in [1.807, 2.05) is 43.3 Å². The Balaban J connectivity index is 1.31. The molecule has 0 saturated heterocycles. The van der Waals surface area contributed by atoms with Gasteiger partial charge in [0.25, 0.3) is 5.91 Å². The number of hydrogen-bond acceptors (Lipinski definition) is 5. The van der Waals surface area contributed by atoms with Crippen molar-refractivity contribution in [1.29, 1.82) is 0 Å². The number of carbonyl (C=O) groups is 1. The summed E-state index contributed by atoms with van der Waals surface area (Å²) in [7, 11) is 3.98. The van der Waals surface area contributed by atoms with Crippen LogP contribution in [0.25, 0.3) is 10.9 Å². The Morgan fingerprint density at radius 2 is 1.84 bits per heavy atom. The molecule has 1 saturated carbocycles. The van der Waals surface area contributed by atoms with Crippen LogP contribution in [0.1, 0.15) is 41.6 Å². The summed E-state index contributed by atoms with van der Waals surface area (Å²) in [6, 6.07) is 12.8. The number of nitrogens with zero attached hydrogens (tertiary/aromatic N) is 3. The molecule has 0 spiro atoms. The van der Waals surface area contributed by atoms with E-state index in [0.717, 1.165) is 42.4 Å². The molecule has 3 aromatic rings. The zero-order valence-corrected chi connectivity index (χ0v) is 18.9. The lowest BCUT2D eigenvalue weighted by Crippen LogP contribution is -2.34. The van der Waals surface area contributed by atoms with Gasteiger partial charge in [0.2, 0.25) is 5.95 Å². The van der Waals surface area contributed by atoms with Gasteiger partial charge in [-0.2, -0.15) is 4.98 Å². The quantitative estimate of drug-likeness (QED) is 0.595. The van der Waals surface area contributed by atoms with E-state index >= 15 is 0 Å². The van der Waals surface area contributed by atoms with Crippen molar-refractivity contribution >= 4 is 28.6 Å². The third kappa shape index (κ3) is 4.98. The van der Waals surface area contributed by atoms with Crippen LogP contribution >= 0.6 is 0 Å². The van der Waals surface area contributed by atoms with E-state index in [9.17, 15) is 9.18 Å². The topological polar surface area (TPSA) is 70.2 Å². The van der Waals surface area contributed by atoms with Crippen molar-refractivity contribution in [3.63, 3.8) is 0 Å². The summed E-state index contributed by atoms with van der Waals surface area (Å²) in [6.45, 7) is 2.31. The minimum atomic E-state index is -0.291. The largest absolute Gasteiger partial charge is 0.362 e. The van der Waals surface area contributed by atoms with Gasteiger partial charge < -0.3 is 15.5 Å². The van der Waals surface area contributed by atoms with Gasteiger partial charge in [0, 0.05) is 37.6 Å². The van der Waals surface area contributed by atoms with Gasteiger partial charge >= 0.3 is 0 Å². The Morgan fingerprint density at radius 3 is 2.56 bits per heavy atom. The average Bonchev–Trinajstić information content (AvgIpc) is 2.79. The maximum absolute atomic E-state index is 13.4. The molecule has 0 bridgehead atoms. The van der Waals surface area contributed by atoms with E-state index in [0.29, 0.717) is 35.6 Å². The fraction of sp³-hybridized carbons (Fsp3) is 0.400. The number of halogens is 1. The van der Waals surface area contributed by atoms with Crippen molar-refractivity contribution in [1.82, 2.24) is 15.3 Å². The molecule has 1 aliphatic rings. The zero-order valence-electron chi connectivity index (χ0n) is 18.9. The van der Waals surface area contributed by atoms with Crippen LogP contribution in [0.15, 0.2) is 42.5 Å². The molecule has 6 nitrogen and oxygen atoms in total. The molecule has 0 radical (unpaired) electrons. The number of aryl methyl sites for hydroxylation is 1. The SMILES string of the molecule is Cc1cc(C(=O)NC[C@H]2CC[C@@H](Nc3nc(N(C)C)c4ccccc4n3)CC2)ccc1F. The second-order valence-electron chi connectivity index (χ2n) is 8.82. The summed E-state index contributed by atoms with van der Waals surface area (Å²) in [4.78, 5) is 23.8. The summed E-state index contributed by atoms with van der Waals surface area (Å²) < 4.78 is 13.4. The number of amides is 1. The number of anilines is 2. The van der Waals surface area contributed by atoms with Gasteiger partial charge in [0.15, 0.2) is 0 Å². The second kappa shape index (κ2) is 9.51. The van der Waals surface area contributed by atoms with Gasteiger partial charge in [-0.1, -0.05) is 12.1 Å². The van der Waals surface area contributed by atoms with Gasteiger partial charge in [-0.15, -0.1) is 0 Å². The molecule has 1 amide bonds. The minimum Gasteiger partial charge on any atom is -0.362 e. The highest BCUT2D eigenvalue weighted by Crippen LogP contribution is 2.28. The monoisotopic (exact) mass is 435 g/mol. The maximum atomic E-state index is 13.4. The highest BCUT2D eigenvalue weighted by molar-refractivity contribution is 5.94. The Bertz CT molecular complexity index is 1110. The van der Waals surface area contributed by atoms with E-state index < -0.39 is 0 Å². The van der Waals surface area contributed by atoms with E-state index in [4.69, 9.17) is 9.97 Å². The molecular weight excluding hydrogens is 405 g/mol. The molecule has 1 heterocycles. The third-order valence-electron chi connectivity index (χ3n) is 6.16. The number of nitrogens with one attached hydrogen (secondary N) is 2. The van der Waals surface area contributed by atoms with Crippen LogP contribution in [-0.4, -0.2) is 42.6 Å². The van der Waals surface area contributed by atoms with Crippen molar-refractivity contribution in [2.75, 3.05) is 30.9 Å². The summed E-state index contributed by atoms with van der Waals surface area (Å²) in [5, 5.41) is 7.57. The second-order valence-corrected chi connectivity index (χ2v) is 8.82. The molecule has 1 fully saturated rings. The van der Waals surface area contributed by atoms with Crippen molar-refractivity contribution in [3.05, 3.63) is 59.4 Å². The summed E-state index contributed by atoms with van der Waals surface area (Å²) >= 11 is 0. The van der Waals surface area contributed by atoms with Crippen LogP contribution in [0.2, 0.25) is 0 Å². The number of rotatable bonds is 6. The lowest BCUT2D eigenvalue weighted by molar-refractivity contribution is 0.0943. The van der Waals surface area contributed by atoms with E-state index in [1.54, 1.807) is 13.0 Å². The Labute approximate surface area is 188 Å². The maximum Gasteiger partial charge on any atom is 0.251 e. The lowest BCUT2D eigenvalue weighted by Gasteiger charge is -2.29. The van der Waals surface area contributed by atoms with E-state index in [1.165, 1.54) is 12.1 Å². The van der Waals surface area contributed by atoms with Crippen molar-refractivity contribution in [3.8, 4) is 0 Å². The summed E-state index contributed by atoms with van der Waals surface area (Å²) in [5.74, 6) is 1.57. The van der Waals surface area contributed by atoms with Crippen molar-refractivity contribution in [2.45, 2.75) is 38.6 Å². The van der Waals surface area contributed by atoms with Crippen molar-refractivity contribution < 1.29 is 9.18 Å². The van der Waals surface area contributed by atoms with Gasteiger partial charge in [0.1, 0.15) is 11.6 Å². The first-order valence-corrected chi connectivity index (χ1v) is 11.2. The van der Waals surface area contributed by atoms with Gasteiger partial charge in [-0.25, -0.2) is 9.37 Å². The highest BCUT2D eigenvalue weighted by atomic mass is 19.1. The standard InChI is InChI=1S/C25H30FN5O/c1-16-14-18(10-13-21(16)26)24(32)27-15-17-8-11-19(12-9-17)28-25-29-22-7-5-4-6-20(22)23(30-25)31(2)3/h4-7,10,13-14,17,19H,8-9,11-12,15H2,1-3H3,(H,27,32)(H,28,29,30)/t17-,19+. The molecule has 2 aromatic carbocycles. The smallest absolute Gasteiger partial charge is 0.251 e. The molecule has 1 aliphatic carbocycles. The highest BCUT2D eigenvalue weighted by Gasteiger charge is 2.23. The number of para-hydroxylation sites is 1. The molecule has 32 heavy (non-hydrogen) atoms. The molecule has 0 atom stereocenters. The average molecular weight is 436 g/mol. The molecular formula is C25H30FN5O. The fourth-order valence-electron chi connectivity index (χ4n) is 4.28. The molecule has 4 rings (SSSR count). The minimum absolute atomic E-state index is 0.144. The fourth-order valence-corrected chi connectivity index (χ4v) is 4.28. The van der Waals surface area contributed by atoms with Crippen LogP contribution < -0.4 is 15.5 Å². The Hall–Kier alpha value is -3.22. The zero-order chi connectivity index (χ0) is 22.7. The third-order valence-corrected chi connectivity index (χ3v) is 6.16.